The minimum Gasteiger partial charge on any atom is -0.469 e. The van der Waals surface area contributed by atoms with Crippen LogP contribution in [0.5, 0.6) is 0 Å². The first-order valence-corrected chi connectivity index (χ1v) is 12.7. The van der Waals surface area contributed by atoms with Gasteiger partial charge in [-0.2, -0.15) is 0 Å². The van der Waals surface area contributed by atoms with Gasteiger partial charge in [-0.05, 0) is 67.0 Å². The normalized spacial score (nSPS) is 16.1. The smallest absolute Gasteiger partial charge is 0.305 e. The van der Waals surface area contributed by atoms with Gasteiger partial charge in [-0.3, -0.25) is 4.79 Å². The minimum absolute atomic E-state index is 0.203. The lowest BCUT2D eigenvalue weighted by molar-refractivity contribution is -0.140. The van der Waals surface area contributed by atoms with Gasteiger partial charge in [-0.1, -0.05) is 55.1 Å². The molecular weight excluding hydrogens is 434 g/mol. The van der Waals surface area contributed by atoms with Crippen LogP contribution in [0, 0.1) is 5.92 Å². The Balaban J connectivity index is 1.77. The zero-order valence-corrected chi connectivity index (χ0v) is 19.4. The molecular formula is C24H30ClNO4S. The van der Waals surface area contributed by atoms with Gasteiger partial charge in [0.05, 0.1) is 12.0 Å². The number of rotatable bonds is 9. The Morgan fingerprint density at radius 2 is 1.71 bits per heavy atom. The summed E-state index contributed by atoms with van der Waals surface area (Å²) in [5.41, 5.74) is 2.09. The SMILES string of the molecule is COC(=O)CCCc1ccc(C(NS(=O)(=O)c2ccc(Cl)cc2)C2CCCCC2)cc1. The van der Waals surface area contributed by atoms with E-state index >= 15 is 0 Å². The Morgan fingerprint density at radius 1 is 1.06 bits per heavy atom. The largest absolute Gasteiger partial charge is 0.469 e. The summed E-state index contributed by atoms with van der Waals surface area (Å²) < 4.78 is 33.8. The molecule has 0 radical (unpaired) electrons. The molecule has 3 rings (SSSR count). The van der Waals surface area contributed by atoms with Crippen molar-refractivity contribution in [1.82, 2.24) is 4.72 Å². The highest BCUT2D eigenvalue weighted by molar-refractivity contribution is 7.89. The van der Waals surface area contributed by atoms with E-state index in [0.717, 1.165) is 49.7 Å². The van der Waals surface area contributed by atoms with E-state index in [4.69, 9.17) is 11.6 Å². The third-order valence-corrected chi connectivity index (χ3v) is 7.65. The maximum Gasteiger partial charge on any atom is 0.305 e. The highest BCUT2D eigenvalue weighted by atomic mass is 35.5. The Hall–Kier alpha value is -1.89. The first-order valence-electron chi connectivity index (χ1n) is 10.8. The van der Waals surface area contributed by atoms with Gasteiger partial charge in [0.15, 0.2) is 0 Å². The van der Waals surface area contributed by atoms with Crippen molar-refractivity contribution in [2.45, 2.75) is 62.3 Å². The highest BCUT2D eigenvalue weighted by Crippen LogP contribution is 2.35. The fourth-order valence-corrected chi connectivity index (χ4v) is 5.60. The molecule has 31 heavy (non-hydrogen) atoms. The summed E-state index contributed by atoms with van der Waals surface area (Å²) in [6.45, 7) is 0. The molecule has 1 saturated carbocycles. The molecule has 1 unspecified atom stereocenters. The summed E-state index contributed by atoms with van der Waals surface area (Å²) in [6.07, 6.45) is 7.35. The van der Waals surface area contributed by atoms with Crippen LogP contribution in [0.2, 0.25) is 5.02 Å². The standard InChI is InChI=1S/C24H30ClNO4S/c1-30-23(27)9-5-6-18-10-12-20(13-11-18)24(19-7-3-2-4-8-19)26-31(28,29)22-16-14-21(25)15-17-22/h10-17,19,24,26H,2-9H2,1H3. The topological polar surface area (TPSA) is 72.5 Å². The predicted octanol–water partition coefficient (Wildman–Crippen LogP) is 5.44. The maximum absolute atomic E-state index is 13.1. The van der Waals surface area contributed by atoms with Crippen molar-refractivity contribution in [3.05, 3.63) is 64.7 Å². The summed E-state index contributed by atoms with van der Waals surface area (Å²) in [7, 11) is -2.27. The molecule has 1 atom stereocenters. The third-order valence-electron chi connectivity index (χ3n) is 5.94. The van der Waals surface area contributed by atoms with Crippen molar-refractivity contribution in [3.63, 3.8) is 0 Å². The number of benzene rings is 2. The van der Waals surface area contributed by atoms with E-state index in [1.807, 2.05) is 24.3 Å². The molecule has 0 amide bonds. The summed E-state index contributed by atoms with van der Waals surface area (Å²) >= 11 is 5.92. The molecule has 2 aromatic carbocycles. The van der Waals surface area contributed by atoms with Crippen molar-refractivity contribution in [2.75, 3.05) is 7.11 Å². The number of ether oxygens (including phenoxy) is 1. The number of esters is 1. The molecule has 0 bridgehead atoms. The van der Waals surface area contributed by atoms with Gasteiger partial charge in [0.1, 0.15) is 0 Å². The average Bonchev–Trinajstić information content (AvgIpc) is 2.79. The van der Waals surface area contributed by atoms with E-state index in [1.165, 1.54) is 25.7 Å². The Morgan fingerprint density at radius 3 is 2.32 bits per heavy atom. The number of hydrogen-bond donors (Lipinski definition) is 1. The zero-order chi connectivity index (χ0) is 22.3. The molecule has 1 aliphatic rings. The molecule has 1 N–H and O–H groups in total. The fraction of sp³-hybridized carbons (Fsp3) is 0.458. The van der Waals surface area contributed by atoms with Crippen molar-refractivity contribution >= 4 is 27.6 Å². The van der Waals surface area contributed by atoms with Gasteiger partial charge in [0, 0.05) is 17.5 Å². The molecule has 1 aliphatic carbocycles. The molecule has 2 aromatic rings. The molecule has 5 nitrogen and oxygen atoms in total. The van der Waals surface area contributed by atoms with Crippen LogP contribution in [-0.2, 0) is 26.0 Å². The van der Waals surface area contributed by atoms with Crippen LogP contribution in [-0.4, -0.2) is 21.5 Å². The second-order valence-electron chi connectivity index (χ2n) is 8.12. The van der Waals surface area contributed by atoms with Gasteiger partial charge < -0.3 is 4.74 Å². The number of hydrogen-bond acceptors (Lipinski definition) is 4. The Labute approximate surface area is 190 Å². The molecule has 0 aromatic heterocycles. The van der Waals surface area contributed by atoms with E-state index in [-0.39, 0.29) is 22.8 Å². The third kappa shape index (κ3) is 6.79. The van der Waals surface area contributed by atoms with Crippen molar-refractivity contribution in [2.24, 2.45) is 5.92 Å². The van der Waals surface area contributed by atoms with Gasteiger partial charge >= 0.3 is 5.97 Å². The first-order chi connectivity index (χ1) is 14.9. The average molecular weight is 464 g/mol. The monoisotopic (exact) mass is 463 g/mol. The van der Waals surface area contributed by atoms with Crippen molar-refractivity contribution in [3.8, 4) is 0 Å². The van der Waals surface area contributed by atoms with Gasteiger partial charge in [0.25, 0.3) is 0 Å². The lowest BCUT2D eigenvalue weighted by Gasteiger charge is -2.31. The Kier molecular flexibility index (Phi) is 8.52. The lowest BCUT2D eigenvalue weighted by Crippen LogP contribution is -2.34. The van der Waals surface area contributed by atoms with Crippen LogP contribution in [0.1, 0.15) is 62.1 Å². The van der Waals surface area contributed by atoms with E-state index in [0.29, 0.717) is 11.4 Å². The fourth-order valence-electron chi connectivity index (χ4n) is 4.18. The van der Waals surface area contributed by atoms with E-state index in [9.17, 15) is 13.2 Å². The molecule has 1 fully saturated rings. The number of sulfonamides is 1. The molecule has 7 heteroatoms. The number of halogens is 1. The van der Waals surface area contributed by atoms with Gasteiger partial charge in [-0.25, -0.2) is 13.1 Å². The summed E-state index contributed by atoms with van der Waals surface area (Å²) in [5.74, 6) is 0.0617. The zero-order valence-electron chi connectivity index (χ0n) is 17.8. The number of carbonyl (C=O) groups is 1. The molecule has 0 aliphatic heterocycles. The quantitative estimate of drug-likeness (QED) is 0.503. The van der Waals surface area contributed by atoms with Crippen LogP contribution in [0.15, 0.2) is 53.4 Å². The second kappa shape index (κ2) is 11.1. The molecule has 0 saturated heterocycles. The van der Waals surface area contributed by atoms with E-state index < -0.39 is 10.0 Å². The minimum atomic E-state index is -3.67. The van der Waals surface area contributed by atoms with Gasteiger partial charge in [-0.15, -0.1) is 0 Å². The van der Waals surface area contributed by atoms with Crippen molar-refractivity contribution < 1.29 is 17.9 Å². The van der Waals surface area contributed by atoms with Crippen molar-refractivity contribution in [1.29, 1.82) is 0 Å². The predicted molar refractivity (Wildman–Crippen MR) is 122 cm³/mol. The summed E-state index contributed by atoms with van der Waals surface area (Å²) in [6, 6.07) is 14.1. The number of methoxy groups -OCH3 is 1. The van der Waals surface area contributed by atoms with E-state index in [1.54, 1.807) is 12.1 Å². The Bertz CT molecular complexity index is 952. The van der Waals surface area contributed by atoms with Gasteiger partial charge in [0.2, 0.25) is 10.0 Å². The molecule has 0 spiro atoms. The maximum atomic E-state index is 13.1. The van der Waals surface area contributed by atoms with Crippen LogP contribution in [0.25, 0.3) is 0 Å². The highest BCUT2D eigenvalue weighted by Gasteiger charge is 2.29. The van der Waals surface area contributed by atoms with Crippen LogP contribution >= 0.6 is 11.6 Å². The first kappa shape index (κ1) is 23.8. The van der Waals surface area contributed by atoms with E-state index in [2.05, 4.69) is 9.46 Å². The summed E-state index contributed by atoms with van der Waals surface area (Å²) in [5, 5.41) is 0.505. The second-order valence-corrected chi connectivity index (χ2v) is 10.3. The van der Waals surface area contributed by atoms with Crippen LogP contribution in [0.4, 0.5) is 0 Å². The number of nitrogens with one attached hydrogen (secondary N) is 1. The van der Waals surface area contributed by atoms with Crippen LogP contribution in [0.3, 0.4) is 0 Å². The lowest BCUT2D eigenvalue weighted by atomic mass is 9.81. The molecule has 168 valence electrons. The number of aryl methyl sites for hydroxylation is 1. The summed E-state index contributed by atoms with van der Waals surface area (Å²) in [4.78, 5) is 11.5. The van der Waals surface area contributed by atoms with Crippen LogP contribution < -0.4 is 4.72 Å². The number of carbonyl (C=O) groups excluding carboxylic acids is 1. The molecule has 0 heterocycles.